The second-order valence-corrected chi connectivity index (χ2v) is 7.04. The summed E-state index contributed by atoms with van der Waals surface area (Å²) in [6.45, 7) is 3.03. The summed E-state index contributed by atoms with van der Waals surface area (Å²) in [7, 11) is 0. The molecule has 3 rings (SSSR count). The summed E-state index contributed by atoms with van der Waals surface area (Å²) < 4.78 is 0. The van der Waals surface area contributed by atoms with E-state index in [-0.39, 0.29) is 5.78 Å². The van der Waals surface area contributed by atoms with Gasteiger partial charge in [0.2, 0.25) is 0 Å². The first-order chi connectivity index (χ1) is 10.7. The van der Waals surface area contributed by atoms with E-state index in [0.717, 1.165) is 30.8 Å². The van der Waals surface area contributed by atoms with Crippen LogP contribution in [0, 0.1) is 0 Å². The number of halogens is 1. The summed E-state index contributed by atoms with van der Waals surface area (Å²) in [5.41, 5.74) is 2.59. The van der Waals surface area contributed by atoms with Gasteiger partial charge in [-0.05, 0) is 29.8 Å². The van der Waals surface area contributed by atoms with Gasteiger partial charge in [0.1, 0.15) is 0 Å². The van der Waals surface area contributed by atoms with Crippen LogP contribution in [0.4, 0.5) is 0 Å². The topological polar surface area (TPSA) is 20.3 Å². The molecule has 1 fully saturated rings. The summed E-state index contributed by atoms with van der Waals surface area (Å²) in [5, 5.41) is 0.649. The molecule has 1 aliphatic heterocycles. The molecule has 1 aliphatic rings. The molecule has 0 atom stereocenters. The Morgan fingerprint density at radius 3 is 2.45 bits per heavy atom. The fourth-order valence-corrected chi connectivity index (χ4v) is 3.74. The van der Waals surface area contributed by atoms with Gasteiger partial charge in [0, 0.05) is 47.3 Å². The van der Waals surface area contributed by atoms with Gasteiger partial charge in [-0.1, -0.05) is 35.9 Å². The lowest BCUT2D eigenvalue weighted by atomic mass is 9.98. The Morgan fingerprint density at radius 2 is 1.73 bits per heavy atom. The number of rotatable bonds is 4. The van der Waals surface area contributed by atoms with Crippen LogP contribution in [0.5, 0.6) is 0 Å². The molecule has 0 radical (unpaired) electrons. The quantitative estimate of drug-likeness (QED) is 0.786. The maximum Gasteiger partial charge on any atom is 0.193 e. The Kier molecular flexibility index (Phi) is 5.19. The van der Waals surface area contributed by atoms with Gasteiger partial charge in [-0.3, -0.25) is 9.69 Å². The average molecular weight is 332 g/mol. The van der Waals surface area contributed by atoms with E-state index in [9.17, 15) is 4.79 Å². The molecule has 0 unspecified atom stereocenters. The van der Waals surface area contributed by atoms with Crippen molar-refractivity contribution in [3.8, 4) is 0 Å². The fraction of sp³-hybridized carbons (Fsp3) is 0.278. The average Bonchev–Trinajstić information content (AvgIpc) is 2.56. The van der Waals surface area contributed by atoms with Gasteiger partial charge in [0.15, 0.2) is 5.78 Å². The lowest BCUT2D eigenvalue weighted by Gasteiger charge is -2.26. The summed E-state index contributed by atoms with van der Waals surface area (Å²) >= 11 is 7.90. The van der Waals surface area contributed by atoms with E-state index < -0.39 is 0 Å². The molecule has 114 valence electrons. The van der Waals surface area contributed by atoms with E-state index in [4.69, 9.17) is 11.6 Å². The van der Waals surface area contributed by atoms with E-state index in [0.29, 0.717) is 10.6 Å². The Bertz CT molecular complexity index is 650. The van der Waals surface area contributed by atoms with Crippen molar-refractivity contribution in [2.45, 2.75) is 6.54 Å². The summed E-state index contributed by atoms with van der Waals surface area (Å²) in [6, 6.07) is 15.0. The molecule has 0 bridgehead atoms. The number of carbonyl (C=O) groups excluding carboxylic acids is 1. The van der Waals surface area contributed by atoms with Crippen LogP contribution in [0.2, 0.25) is 5.02 Å². The Labute approximate surface area is 140 Å². The number of thioether (sulfide) groups is 1. The molecule has 2 nitrogen and oxygen atoms in total. The van der Waals surface area contributed by atoms with Gasteiger partial charge in [0.05, 0.1) is 0 Å². The molecule has 0 spiro atoms. The van der Waals surface area contributed by atoms with Gasteiger partial charge < -0.3 is 0 Å². The molecule has 0 saturated carbocycles. The van der Waals surface area contributed by atoms with E-state index >= 15 is 0 Å². The maximum absolute atomic E-state index is 12.8. The van der Waals surface area contributed by atoms with E-state index in [2.05, 4.69) is 11.0 Å². The van der Waals surface area contributed by atoms with Crippen LogP contribution in [-0.4, -0.2) is 35.3 Å². The minimum atomic E-state index is 0.0682. The van der Waals surface area contributed by atoms with Crippen LogP contribution in [-0.2, 0) is 6.54 Å². The number of benzene rings is 2. The molecule has 4 heteroatoms. The van der Waals surface area contributed by atoms with Gasteiger partial charge in [0.25, 0.3) is 0 Å². The lowest BCUT2D eigenvalue weighted by Crippen LogP contribution is -2.32. The molecule has 22 heavy (non-hydrogen) atoms. The molecule has 1 saturated heterocycles. The van der Waals surface area contributed by atoms with Gasteiger partial charge >= 0.3 is 0 Å². The summed E-state index contributed by atoms with van der Waals surface area (Å²) in [6.07, 6.45) is 0. The molecule has 0 aliphatic carbocycles. The standard InChI is InChI=1S/C18H18ClNOS/c19-16-7-5-14(6-8-16)18(21)17-4-2-1-3-15(17)13-20-9-11-22-12-10-20/h1-8H,9-13H2. The Hall–Kier alpha value is -1.29. The highest BCUT2D eigenvalue weighted by molar-refractivity contribution is 7.99. The molecule has 0 aromatic heterocycles. The van der Waals surface area contributed by atoms with Crippen molar-refractivity contribution < 1.29 is 4.79 Å². The monoisotopic (exact) mass is 331 g/mol. The minimum absolute atomic E-state index is 0.0682. The van der Waals surface area contributed by atoms with Crippen molar-refractivity contribution in [3.05, 3.63) is 70.2 Å². The van der Waals surface area contributed by atoms with Crippen LogP contribution in [0.1, 0.15) is 21.5 Å². The zero-order chi connectivity index (χ0) is 15.4. The SMILES string of the molecule is O=C(c1ccc(Cl)cc1)c1ccccc1CN1CCSCC1. The summed E-state index contributed by atoms with van der Waals surface area (Å²) in [4.78, 5) is 15.2. The van der Waals surface area contributed by atoms with Gasteiger partial charge in [-0.2, -0.15) is 11.8 Å². The van der Waals surface area contributed by atoms with Crippen LogP contribution in [0.25, 0.3) is 0 Å². The first-order valence-electron chi connectivity index (χ1n) is 7.42. The van der Waals surface area contributed by atoms with Crippen LogP contribution >= 0.6 is 23.4 Å². The molecular formula is C18H18ClNOS. The third-order valence-corrected chi connectivity index (χ3v) is 5.06. The molecule has 0 amide bonds. The van der Waals surface area contributed by atoms with Crippen molar-refractivity contribution in [3.63, 3.8) is 0 Å². The molecular weight excluding hydrogens is 314 g/mol. The molecule has 0 N–H and O–H groups in total. The third-order valence-electron chi connectivity index (χ3n) is 3.87. The van der Waals surface area contributed by atoms with E-state index in [1.165, 1.54) is 11.5 Å². The normalized spacial score (nSPS) is 15.7. The predicted octanol–water partition coefficient (Wildman–Crippen LogP) is 4.12. The minimum Gasteiger partial charge on any atom is -0.297 e. The Morgan fingerprint density at radius 1 is 1.05 bits per heavy atom. The lowest BCUT2D eigenvalue weighted by molar-refractivity contribution is 0.103. The first-order valence-corrected chi connectivity index (χ1v) is 8.95. The van der Waals surface area contributed by atoms with E-state index in [1.807, 2.05) is 30.0 Å². The number of carbonyl (C=O) groups is 1. The number of hydrogen-bond donors (Lipinski definition) is 0. The Balaban J connectivity index is 1.83. The zero-order valence-corrected chi connectivity index (χ0v) is 13.9. The number of hydrogen-bond acceptors (Lipinski definition) is 3. The van der Waals surface area contributed by atoms with Crippen LogP contribution in [0.15, 0.2) is 48.5 Å². The van der Waals surface area contributed by atoms with Gasteiger partial charge in [-0.25, -0.2) is 0 Å². The van der Waals surface area contributed by atoms with Crippen molar-refractivity contribution in [1.29, 1.82) is 0 Å². The number of ketones is 1. The van der Waals surface area contributed by atoms with Crippen molar-refractivity contribution in [1.82, 2.24) is 4.90 Å². The highest BCUT2D eigenvalue weighted by Crippen LogP contribution is 2.20. The maximum atomic E-state index is 12.8. The smallest absolute Gasteiger partial charge is 0.193 e. The highest BCUT2D eigenvalue weighted by Gasteiger charge is 2.17. The van der Waals surface area contributed by atoms with Crippen LogP contribution < -0.4 is 0 Å². The van der Waals surface area contributed by atoms with Crippen molar-refractivity contribution in [2.75, 3.05) is 24.6 Å². The van der Waals surface area contributed by atoms with Crippen molar-refractivity contribution >= 4 is 29.1 Å². The van der Waals surface area contributed by atoms with Gasteiger partial charge in [-0.15, -0.1) is 0 Å². The molecule has 1 heterocycles. The molecule has 2 aromatic carbocycles. The predicted molar refractivity (Wildman–Crippen MR) is 93.9 cm³/mol. The summed E-state index contributed by atoms with van der Waals surface area (Å²) in [5.74, 6) is 2.42. The van der Waals surface area contributed by atoms with E-state index in [1.54, 1.807) is 24.3 Å². The fourth-order valence-electron chi connectivity index (χ4n) is 2.64. The zero-order valence-electron chi connectivity index (χ0n) is 12.3. The second-order valence-electron chi connectivity index (χ2n) is 5.38. The van der Waals surface area contributed by atoms with Crippen molar-refractivity contribution in [2.24, 2.45) is 0 Å². The van der Waals surface area contributed by atoms with Crippen LogP contribution in [0.3, 0.4) is 0 Å². The molecule has 2 aromatic rings. The largest absolute Gasteiger partial charge is 0.297 e. The first kappa shape index (κ1) is 15.6. The number of nitrogens with zero attached hydrogens (tertiary/aromatic N) is 1. The third kappa shape index (κ3) is 3.72. The second kappa shape index (κ2) is 7.32. The highest BCUT2D eigenvalue weighted by atomic mass is 35.5.